The molecule has 0 aliphatic carbocycles. The van der Waals surface area contributed by atoms with Gasteiger partial charge in [-0.3, -0.25) is 10.1 Å². The number of hydrogen-bond acceptors (Lipinski definition) is 6. The van der Waals surface area contributed by atoms with Gasteiger partial charge in [-0.1, -0.05) is 0 Å². The highest BCUT2D eigenvalue weighted by atomic mass is 16.6. The van der Waals surface area contributed by atoms with Crippen molar-refractivity contribution in [1.29, 1.82) is 0 Å². The predicted octanol–water partition coefficient (Wildman–Crippen LogP) is 2.62. The number of rotatable bonds is 9. The molecule has 0 spiro atoms. The number of hydrogen-bond donors (Lipinski definition) is 1. The first-order valence-electron chi connectivity index (χ1n) is 6.59. The van der Waals surface area contributed by atoms with Gasteiger partial charge in [0.1, 0.15) is 0 Å². The molecule has 0 fully saturated rings. The first-order valence-corrected chi connectivity index (χ1v) is 6.59. The summed E-state index contributed by atoms with van der Waals surface area (Å²) in [4.78, 5) is 14.5. The summed E-state index contributed by atoms with van der Waals surface area (Å²) in [5.74, 6) is 0.584. The number of nitrogens with zero attached hydrogens (tertiary/aromatic N) is 2. The van der Waals surface area contributed by atoms with Gasteiger partial charge in [-0.2, -0.15) is 4.98 Å². The Labute approximate surface area is 118 Å². The monoisotopic (exact) mass is 283 g/mol. The SMILES string of the molecule is COc1ccc([N+](=O)[O-])c(NCCCCOC(C)C)n1. The maximum absolute atomic E-state index is 10.9. The average molecular weight is 283 g/mol. The van der Waals surface area contributed by atoms with E-state index in [0.717, 1.165) is 12.8 Å². The van der Waals surface area contributed by atoms with Gasteiger partial charge in [0.25, 0.3) is 0 Å². The molecule has 0 unspecified atom stereocenters. The quantitative estimate of drug-likeness (QED) is 0.426. The number of methoxy groups -OCH3 is 1. The van der Waals surface area contributed by atoms with E-state index in [-0.39, 0.29) is 17.6 Å². The second-order valence-electron chi connectivity index (χ2n) is 4.53. The van der Waals surface area contributed by atoms with Crippen LogP contribution >= 0.6 is 0 Å². The van der Waals surface area contributed by atoms with Gasteiger partial charge in [-0.05, 0) is 26.7 Å². The fourth-order valence-corrected chi connectivity index (χ4v) is 1.58. The standard InChI is InChI=1S/C13H21N3O4/c1-10(2)20-9-5-4-8-14-13-11(16(17)18)6-7-12(15-13)19-3/h6-7,10H,4-5,8-9H2,1-3H3,(H,14,15). The molecule has 0 bridgehead atoms. The molecule has 20 heavy (non-hydrogen) atoms. The van der Waals surface area contributed by atoms with E-state index in [1.54, 1.807) is 0 Å². The Balaban J connectivity index is 2.47. The molecule has 7 nitrogen and oxygen atoms in total. The van der Waals surface area contributed by atoms with Crippen molar-refractivity contribution in [2.45, 2.75) is 32.8 Å². The van der Waals surface area contributed by atoms with Crippen LogP contribution in [0.2, 0.25) is 0 Å². The van der Waals surface area contributed by atoms with Crippen molar-refractivity contribution >= 4 is 11.5 Å². The van der Waals surface area contributed by atoms with Gasteiger partial charge < -0.3 is 14.8 Å². The van der Waals surface area contributed by atoms with Crippen molar-refractivity contribution in [3.05, 3.63) is 22.2 Å². The highest BCUT2D eigenvalue weighted by Gasteiger charge is 2.15. The van der Waals surface area contributed by atoms with E-state index >= 15 is 0 Å². The minimum Gasteiger partial charge on any atom is -0.481 e. The number of anilines is 1. The number of nitrogens with one attached hydrogen (secondary N) is 1. The molecule has 0 amide bonds. The summed E-state index contributed by atoms with van der Waals surface area (Å²) in [6.45, 7) is 5.26. The molecule has 112 valence electrons. The zero-order chi connectivity index (χ0) is 15.0. The molecule has 1 rings (SSSR count). The Morgan fingerprint density at radius 2 is 2.15 bits per heavy atom. The molecule has 7 heteroatoms. The van der Waals surface area contributed by atoms with Gasteiger partial charge in [0.15, 0.2) is 0 Å². The van der Waals surface area contributed by atoms with Crippen LogP contribution in [0.15, 0.2) is 12.1 Å². The van der Waals surface area contributed by atoms with Crippen molar-refractivity contribution < 1.29 is 14.4 Å². The molecular weight excluding hydrogens is 262 g/mol. The van der Waals surface area contributed by atoms with E-state index in [0.29, 0.717) is 19.0 Å². The van der Waals surface area contributed by atoms with E-state index in [1.165, 1.54) is 19.2 Å². The maximum atomic E-state index is 10.9. The third kappa shape index (κ3) is 5.40. The summed E-state index contributed by atoms with van der Waals surface area (Å²) in [6.07, 6.45) is 1.97. The maximum Gasteiger partial charge on any atom is 0.311 e. The summed E-state index contributed by atoms with van der Waals surface area (Å²) in [6, 6.07) is 2.86. The highest BCUT2D eigenvalue weighted by Crippen LogP contribution is 2.24. The van der Waals surface area contributed by atoms with Crippen LogP contribution in [0.25, 0.3) is 0 Å². The molecule has 0 radical (unpaired) electrons. The van der Waals surface area contributed by atoms with Crippen LogP contribution in [0.5, 0.6) is 5.88 Å². The zero-order valence-electron chi connectivity index (χ0n) is 12.1. The summed E-state index contributed by atoms with van der Waals surface area (Å²) in [5.41, 5.74) is -0.0516. The fourth-order valence-electron chi connectivity index (χ4n) is 1.58. The highest BCUT2D eigenvalue weighted by molar-refractivity contribution is 5.56. The Morgan fingerprint density at radius 1 is 1.40 bits per heavy atom. The zero-order valence-corrected chi connectivity index (χ0v) is 12.1. The Kier molecular flexibility index (Phi) is 6.72. The van der Waals surface area contributed by atoms with Gasteiger partial charge in [-0.25, -0.2) is 0 Å². The topological polar surface area (TPSA) is 86.5 Å². The minimum absolute atomic E-state index is 0.0516. The lowest BCUT2D eigenvalue weighted by Gasteiger charge is -2.09. The molecule has 1 heterocycles. The molecule has 0 saturated heterocycles. The largest absolute Gasteiger partial charge is 0.481 e. The summed E-state index contributed by atoms with van der Waals surface area (Å²) < 4.78 is 10.4. The third-order valence-electron chi connectivity index (χ3n) is 2.57. The molecule has 0 aliphatic heterocycles. The Morgan fingerprint density at radius 3 is 2.75 bits per heavy atom. The third-order valence-corrected chi connectivity index (χ3v) is 2.57. The predicted molar refractivity (Wildman–Crippen MR) is 76.3 cm³/mol. The molecule has 0 saturated carbocycles. The van der Waals surface area contributed by atoms with Gasteiger partial charge in [0, 0.05) is 25.3 Å². The molecule has 1 aromatic heterocycles. The van der Waals surface area contributed by atoms with Crippen LogP contribution in [-0.2, 0) is 4.74 Å². The number of pyridine rings is 1. The molecule has 1 aromatic rings. The van der Waals surface area contributed by atoms with E-state index in [4.69, 9.17) is 9.47 Å². The van der Waals surface area contributed by atoms with Crippen LogP contribution in [0, 0.1) is 10.1 Å². The smallest absolute Gasteiger partial charge is 0.311 e. The second-order valence-corrected chi connectivity index (χ2v) is 4.53. The van der Waals surface area contributed by atoms with Gasteiger partial charge in [0.2, 0.25) is 11.7 Å². The van der Waals surface area contributed by atoms with Crippen molar-refractivity contribution in [3.8, 4) is 5.88 Å². The van der Waals surface area contributed by atoms with Gasteiger partial charge >= 0.3 is 5.69 Å². The Bertz CT molecular complexity index is 438. The van der Waals surface area contributed by atoms with Gasteiger partial charge in [-0.15, -0.1) is 0 Å². The number of aromatic nitrogens is 1. The van der Waals surface area contributed by atoms with Crippen molar-refractivity contribution in [2.24, 2.45) is 0 Å². The Hall–Kier alpha value is -1.89. The van der Waals surface area contributed by atoms with E-state index in [2.05, 4.69) is 10.3 Å². The van der Waals surface area contributed by atoms with E-state index in [1.807, 2.05) is 13.8 Å². The normalized spacial score (nSPS) is 10.6. The fraction of sp³-hybridized carbons (Fsp3) is 0.615. The molecule has 0 atom stereocenters. The van der Waals surface area contributed by atoms with E-state index < -0.39 is 4.92 Å². The molecule has 1 N–H and O–H groups in total. The van der Waals surface area contributed by atoms with Crippen LogP contribution < -0.4 is 10.1 Å². The van der Waals surface area contributed by atoms with Crippen LogP contribution in [0.4, 0.5) is 11.5 Å². The van der Waals surface area contributed by atoms with Crippen LogP contribution in [-0.4, -0.2) is 36.3 Å². The molecule has 0 aliphatic rings. The minimum atomic E-state index is -0.462. The average Bonchev–Trinajstić information content (AvgIpc) is 2.41. The number of nitro groups is 1. The summed E-state index contributed by atoms with van der Waals surface area (Å²) in [7, 11) is 1.47. The summed E-state index contributed by atoms with van der Waals surface area (Å²) in [5, 5.41) is 13.9. The lowest BCUT2D eigenvalue weighted by Crippen LogP contribution is -2.09. The molecular formula is C13H21N3O4. The lowest BCUT2D eigenvalue weighted by atomic mass is 10.3. The number of unbranched alkanes of at least 4 members (excludes halogenated alkanes) is 1. The van der Waals surface area contributed by atoms with Crippen molar-refractivity contribution in [2.75, 3.05) is 25.6 Å². The van der Waals surface area contributed by atoms with Crippen LogP contribution in [0.3, 0.4) is 0 Å². The first kappa shape index (κ1) is 16.2. The van der Waals surface area contributed by atoms with Crippen molar-refractivity contribution in [3.63, 3.8) is 0 Å². The molecule has 0 aromatic carbocycles. The van der Waals surface area contributed by atoms with Gasteiger partial charge in [0.05, 0.1) is 18.1 Å². The first-order chi connectivity index (χ1) is 9.54. The van der Waals surface area contributed by atoms with E-state index in [9.17, 15) is 10.1 Å². The number of ether oxygens (including phenoxy) is 2. The summed E-state index contributed by atoms with van der Waals surface area (Å²) >= 11 is 0. The second kappa shape index (κ2) is 8.31. The lowest BCUT2D eigenvalue weighted by molar-refractivity contribution is -0.384. The van der Waals surface area contributed by atoms with Crippen LogP contribution in [0.1, 0.15) is 26.7 Å². The van der Waals surface area contributed by atoms with Crippen molar-refractivity contribution in [1.82, 2.24) is 4.98 Å².